The number of nitrogens with one attached hydrogen (secondary N) is 1. The lowest BCUT2D eigenvalue weighted by atomic mass is 9.70. The number of nitrogens with zero attached hydrogens (tertiary/aromatic N) is 3. The fraction of sp³-hybridized carbons (Fsp3) is 0.484. The minimum Gasteiger partial charge on any atom is -0.381 e. The summed E-state index contributed by atoms with van der Waals surface area (Å²) in [6, 6.07) is 12.2. The number of ether oxygens (including phenoxy) is 1. The van der Waals surface area contributed by atoms with Crippen molar-refractivity contribution in [3.8, 4) is 6.07 Å². The number of anilines is 1. The molecule has 2 saturated heterocycles. The van der Waals surface area contributed by atoms with E-state index in [-0.39, 0.29) is 11.2 Å². The molecule has 1 aliphatic carbocycles. The maximum absolute atomic E-state index is 13.9. The normalized spacial score (nSPS) is 20.1. The monoisotopic (exact) mass is 496 g/mol. The van der Waals surface area contributed by atoms with Crippen molar-refractivity contribution in [2.24, 2.45) is 5.92 Å². The molecule has 1 aromatic heterocycles. The molecule has 0 saturated carbocycles. The van der Waals surface area contributed by atoms with E-state index in [1.165, 1.54) is 30.6 Å². The highest BCUT2D eigenvalue weighted by Crippen LogP contribution is 2.45. The molecule has 2 aliphatic heterocycles. The molecule has 2 aromatic carbocycles. The molecule has 6 rings (SSSR count). The third-order valence-electron chi connectivity index (χ3n) is 8.87. The number of nitriles is 1. The molecular formula is C31H36N4O2. The van der Waals surface area contributed by atoms with Gasteiger partial charge in [-0.3, -0.25) is 9.69 Å². The fourth-order valence-corrected chi connectivity index (χ4v) is 6.62. The van der Waals surface area contributed by atoms with Crippen LogP contribution < -0.4 is 4.90 Å². The molecule has 0 amide bonds. The number of benzene rings is 2. The van der Waals surface area contributed by atoms with E-state index in [0.29, 0.717) is 5.56 Å². The van der Waals surface area contributed by atoms with Gasteiger partial charge in [-0.1, -0.05) is 26.8 Å². The summed E-state index contributed by atoms with van der Waals surface area (Å²) in [6.45, 7) is 13.8. The second-order valence-electron chi connectivity index (χ2n) is 11.4. The minimum atomic E-state index is -0.351. The SMILES string of the molecule is CCc1cc2c(cc1N1CCN(CC3CCOCC3)CC1)C(C)(C)c1[nH]c3cc(C#N)ccc3c1C2=O. The third-order valence-corrected chi connectivity index (χ3v) is 8.87. The molecule has 1 N–H and O–H groups in total. The minimum absolute atomic E-state index is 0.0859. The predicted molar refractivity (Wildman–Crippen MR) is 147 cm³/mol. The van der Waals surface area contributed by atoms with Crippen molar-refractivity contribution < 1.29 is 9.53 Å². The van der Waals surface area contributed by atoms with E-state index < -0.39 is 0 Å². The zero-order valence-electron chi connectivity index (χ0n) is 22.2. The Morgan fingerprint density at radius 1 is 1.11 bits per heavy atom. The smallest absolute Gasteiger partial charge is 0.195 e. The first kappa shape index (κ1) is 24.2. The van der Waals surface area contributed by atoms with Gasteiger partial charge in [0.25, 0.3) is 0 Å². The van der Waals surface area contributed by atoms with Crippen LogP contribution in [0.25, 0.3) is 10.9 Å². The maximum Gasteiger partial charge on any atom is 0.195 e. The number of aryl methyl sites for hydroxylation is 1. The van der Waals surface area contributed by atoms with E-state index >= 15 is 0 Å². The number of fused-ring (bicyclic) bond motifs is 4. The second-order valence-corrected chi connectivity index (χ2v) is 11.4. The quantitative estimate of drug-likeness (QED) is 0.549. The summed E-state index contributed by atoms with van der Waals surface area (Å²) in [4.78, 5) is 22.6. The molecule has 6 heteroatoms. The average Bonchev–Trinajstić information content (AvgIpc) is 3.32. The zero-order chi connectivity index (χ0) is 25.7. The first-order valence-electron chi connectivity index (χ1n) is 13.7. The van der Waals surface area contributed by atoms with Gasteiger partial charge in [0.05, 0.1) is 17.2 Å². The highest BCUT2D eigenvalue weighted by molar-refractivity contribution is 6.20. The lowest BCUT2D eigenvalue weighted by Gasteiger charge is -2.40. The first-order chi connectivity index (χ1) is 17.9. The Labute approximate surface area is 219 Å². The zero-order valence-corrected chi connectivity index (χ0v) is 22.2. The molecule has 3 heterocycles. The molecule has 0 atom stereocenters. The second kappa shape index (κ2) is 9.31. The first-order valence-corrected chi connectivity index (χ1v) is 13.7. The van der Waals surface area contributed by atoms with E-state index in [1.807, 2.05) is 12.1 Å². The summed E-state index contributed by atoms with van der Waals surface area (Å²) in [7, 11) is 0. The number of carbonyl (C=O) groups is 1. The molecule has 0 bridgehead atoms. The summed E-state index contributed by atoms with van der Waals surface area (Å²) < 4.78 is 5.54. The standard InChI is InChI=1S/C31H36N4O2/c1-4-22-16-24-25(17-27(22)35-11-9-34(10-12-35)19-20-7-13-37-14-8-20)31(2,3)30-28(29(24)36)23-6-5-21(18-32)15-26(23)33-30/h5-6,15-17,20,33H,4,7-14,19H2,1-3H3. The molecular weight excluding hydrogens is 460 g/mol. The van der Waals surface area contributed by atoms with Gasteiger partial charge < -0.3 is 14.6 Å². The van der Waals surface area contributed by atoms with E-state index in [2.05, 4.69) is 53.8 Å². The van der Waals surface area contributed by atoms with Crippen LogP contribution >= 0.6 is 0 Å². The summed E-state index contributed by atoms with van der Waals surface area (Å²) in [6.07, 6.45) is 3.26. The van der Waals surface area contributed by atoms with Crippen molar-refractivity contribution in [1.29, 1.82) is 5.26 Å². The van der Waals surface area contributed by atoms with Crippen LogP contribution in [-0.2, 0) is 16.6 Å². The number of ketones is 1. The Kier molecular flexibility index (Phi) is 6.09. The van der Waals surface area contributed by atoms with Crippen molar-refractivity contribution in [2.75, 3.05) is 50.8 Å². The number of piperazine rings is 1. The van der Waals surface area contributed by atoms with Crippen LogP contribution in [0.15, 0.2) is 30.3 Å². The van der Waals surface area contributed by atoms with E-state index in [1.54, 1.807) is 6.07 Å². The van der Waals surface area contributed by atoms with Gasteiger partial charge in [-0.2, -0.15) is 5.26 Å². The highest BCUT2D eigenvalue weighted by atomic mass is 16.5. The molecule has 6 nitrogen and oxygen atoms in total. The van der Waals surface area contributed by atoms with E-state index in [4.69, 9.17) is 4.74 Å². The van der Waals surface area contributed by atoms with Crippen LogP contribution in [0.3, 0.4) is 0 Å². The molecule has 37 heavy (non-hydrogen) atoms. The van der Waals surface area contributed by atoms with Gasteiger partial charge >= 0.3 is 0 Å². The Morgan fingerprint density at radius 2 is 1.86 bits per heavy atom. The number of carbonyl (C=O) groups excluding carboxylic acids is 1. The Balaban J connectivity index is 1.32. The van der Waals surface area contributed by atoms with Gasteiger partial charge in [-0.25, -0.2) is 0 Å². The highest BCUT2D eigenvalue weighted by Gasteiger charge is 2.40. The molecule has 3 aliphatic rings. The number of H-pyrrole nitrogens is 1. The molecule has 2 fully saturated rings. The number of hydrogen-bond donors (Lipinski definition) is 1. The summed E-state index contributed by atoms with van der Waals surface area (Å²) in [5.74, 6) is 0.847. The Morgan fingerprint density at radius 3 is 2.57 bits per heavy atom. The van der Waals surface area contributed by atoms with E-state index in [9.17, 15) is 10.1 Å². The lowest BCUT2D eigenvalue weighted by Crippen LogP contribution is -2.48. The lowest BCUT2D eigenvalue weighted by molar-refractivity contribution is 0.0517. The van der Waals surface area contributed by atoms with E-state index in [0.717, 1.165) is 85.0 Å². The van der Waals surface area contributed by atoms with Crippen molar-refractivity contribution in [2.45, 2.75) is 45.4 Å². The predicted octanol–water partition coefficient (Wildman–Crippen LogP) is 5.02. The number of rotatable bonds is 4. The maximum atomic E-state index is 13.9. The van der Waals surface area contributed by atoms with Gasteiger partial charge in [0.1, 0.15) is 0 Å². The van der Waals surface area contributed by atoms with Crippen LogP contribution in [-0.4, -0.2) is 61.6 Å². The Bertz CT molecular complexity index is 1400. The van der Waals surface area contributed by atoms with Gasteiger partial charge in [-0.15, -0.1) is 0 Å². The van der Waals surface area contributed by atoms with Gasteiger partial charge in [0.2, 0.25) is 0 Å². The average molecular weight is 497 g/mol. The van der Waals surface area contributed by atoms with Crippen molar-refractivity contribution in [3.05, 3.63) is 63.8 Å². The Hall–Kier alpha value is -3.14. The topological polar surface area (TPSA) is 72.4 Å². The molecule has 0 radical (unpaired) electrons. The molecule has 3 aromatic rings. The van der Waals surface area contributed by atoms with Crippen LogP contribution in [0, 0.1) is 17.2 Å². The fourth-order valence-electron chi connectivity index (χ4n) is 6.62. The number of aromatic nitrogens is 1. The summed E-state index contributed by atoms with van der Waals surface area (Å²) in [5, 5.41) is 10.3. The molecule has 0 spiro atoms. The summed E-state index contributed by atoms with van der Waals surface area (Å²) >= 11 is 0. The van der Waals surface area contributed by atoms with Crippen LogP contribution in [0.4, 0.5) is 5.69 Å². The summed E-state index contributed by atoms with van der Waals surface area (Å²) in [5.41, 5.74) is 7.25. The van der Waals surface area contributed by atoms with Crippen LogP contribution in [0.2, 0.25) is 0 Å². The number of aromatic amines is 1. The van der Waals surface area contributed by atoms with Crippen molar-refractivity contribution in [1.82, 2.24) is 9.88 Å². The molecule has 192 valence electrons. The van der Waals surface area contributed by atoms with Crippen molar-refractivity contribution >= 4 is 22.4 Å². The van der Waals surface area contributed by atoms with Crippen LogP contribution in [0.5, 0.6) is 0 Å². The largest absolute Gasteiger partial charge is 0.381 e. The van der Waals surface area contributed by atoms with Crippen LogP contribution in [0.1, 0.15) is 71.9 Å². The van der Waals surface area contributed by atoms with Gasteiger partial charge in [-0.05, 0) is 60.6 Å². The van der Waals surface area contributed by atoms with Crippen molar-refractivity contribution in [3.63, 3.8) is 0 Å². The van der Waals surface area contributed by atoms with Gasteiger partial charge in [0, 0.05) is 79.2 Å². The van der Waals surface area contributed by atoms with Gasteiger partial charge in [0.15, 0.2) is 5.78 Å². The molecule has 0 unspecified atom stereocenters. The third kappa shape index (κ3) is 4.05. The number of hydrogen-bond acceptors (Lipinski definition) is 5.